The molecule has 1 atom stereocenters. The number of amides is 2. The Morgan fingerprint density at radius 3 is 2.39 bits per heavy atom. The monoisotopic (exact) mass is 504 g/mol. The van der Waals surface area contributed by atoms with E-state index < -0.39 is 17.9 Å². The zero-order valence-corrected chi connectivity index (χ0v) is 20.0. The normalized spacial score (nSPS) is 14.7. The molecule has 0 spiro atoms. The van der Waals surface area contributed by atoms with E-state index >= 15 is 0 Å². The van der Waals surface area contributed by atoms with Crippen molar-refractivity contribution in [3.63, 3.8) is 0 Å². The van der Waals surface area contributed by atoms with Crippen LogP contribution in [-0.2, 0) is 11.3 Å². The van der Waals surface area contributed by atoms with E-state index in [1.807, 2.05) is 24.3 Å². The Bertz CT molecular complexity index is 1530. The van der Waals surface area contributed by atoms with Gasteiger partial charge in [-0.05, 0) is 53.6 Å². The summed E-state index contributed by atoms with van der Waals surface area (Å²) in [6.07, 6.45) is 0. The first-order chi connectivity index (χ1) is 17.4. The zero-order valence-electron chi connectivity index (χ0n) is 19.2. The SMILES string of the molecule is COc1ccc(CN2C(=O)c3oc4ccc(Cl)cc4c(=O)c3[C@H]2c2ccc(OCC(N)=O)cc2)cc1. The van der Waals surface area contributed by atoms with E-state index in [0.29, 0.717) is 27.5 Å². The van der Waals surface area contributed by atoms with Crippen molar-refractivity contribution in [2.75, 3.05) is 13.7 Å². The fourth-order valence-electron chi connectivity index (χ4n) is 4.33. The highest BCUT2D eigenvalue weighted by Crippen LogP contribution is 2.40. The van der Waals surface area contributed by atoms with Gasteiger partial charge in [-0.2, -0.15) is 0 Å². The Morgan fingerprint density at radius 1 is 1.03 bits per heavy atom. The van der Waals surface area contributed by atoms with Crippen LogP contribution in [0.2, 0.25) is 5.02 Å². The van der Waals surface area contributed by atoms with E-state index in [4.69, 9.17) is 31.2 Å². The molecular formula is C27H21ClN2O6. The molecule has 0 radical (unpaired) electrons. The van der Waals surface area contributed by atoms with Crippen molar-refractivity contribution in [3.8, 4) is 11.5 Å². The maximum atomic E-state index is 13.6. The molecule has 4 aromatic rings. The van der Waals surface area contributed by atoms with E-state index in [2.05, 4.69) is 0 Å². The number of methoxy groups -OCH3 is 1. The fraction of sp³-hybridized carbons (Fsp3) is 0.148. The standard InChI is InChI=1S/C27H21ClN2O6/c1-34-18-7-2-15(3-8-18)13-30-24(16-4-9-19(10-5-16)35-14-22(29)31)23-25(32)20-12-17(28)6-11-21(20)36-26(23)27(30)33/h2-12,24H,13-14H2,1H3,(H2,29,31)/t24-/m1/s1. The van der Waals surface area contributed by atoms with Crippen LogP contribution in [0.25, 0.3) is 11.0 Å². The van der Waals surface area contributed by atoms with Crippen LogP contribution >= 0.6 is 11.6 Å². The van der Waals surface area contributed by atoms with E-state index in [1.165, 1.54) is 6.07 Å². The summed E-state index contributed by atoms with van der Waals surface area (Å²) < 4.78 is 16.5. The first-order valence-corrected chi connectivity index (χ1v) is 11.4. The topological polar surface area (TPSA) is 112 Å². The molecule has 1 aliphatic heterocycles. The molecule has 2 heterocycles. The van der Waals surface area contributed by atoms with Gasteiger partial charge in [-0.3, -0.25) is 14.4 Å². The molecular weight excluding hydrogens is 484 g/mol. The third kappa shape index (κ3) is 4.27. The van der Waals surface area contributed by atoms with Gasteiger partial charge < -0.3 is 24.5 Å². The second kappa shape index (κ2) is 9.39. The minimum absolute atomic E-state index is 0.00221. The van der Waals surface area contributed by atoms with Gasteiger partial charge in [0, 0.05) is 11.6 Å². The van der Waals surface area contributed by atoms with Gasteiger partial charge in [0.05, 0.1) is 24.1 Å². The summed E-state index contributed by atoms with van der Waals surface area (Å²) in [6, 6.07) is 18.2. The number of halogens is 1. The van der Waals surface area contributed by atoms with Crippen molar-refractivity contribution in [2.45, 2.75) is 12.6 Å². The number of nitrogens with two attached hydrogens (primary N) is 1. The van der Waals surface area contributed by atoms with Gasteiger partial charge in [0.25, 0.3) is 11.8 Å². The van der Waals surface area contributed by atoms with Crippen LogP contribution < -0.4 is 20.6 Å². The summed E-state index contributed by atoms with van der Waals surface area (Å²) >= 11 is 6.14. The van der Waals surface area contributed by atoms with Crippen molar-refractivity contribution in [2.24, 2.45) is 5.73 Å². The predicted octanol–water partition coefficient (Wildman–Crippen LogP) is 4.06. The van der Waals surface area contributed by atoms with Crippen LogP contribution in [0.3, 0.4) is 0 Å². The van der Waals surface area contributed by atoms with E-state index in [9.17, 15) is 14.4 Å². The third-order valence-corrected chi connectivity index (χ3v) is 6.25. The minimum atomic E-state index is -0.709. The number of benzene rings is 3. The summed E-state index contributed by atoms with van der Waals surface area (Å²) in [5.41, 5.74) is 6.89. The maximum Gasteiger partial charge on any atom is 0.291 e. The number of hydrogen-bond donors (Lipinski definition) is 1. The number of carbonyl (C=O) groups is 2. The minimum Gasteiger partial charge on any atom is -0.497 e. The number of hydrogen-bond acceptors (Lipinski definition) is 6. The van der Waals surface area contributed by atoms with Gasteiger partial charge in [-0.25, -0.2) is 0 Å². The molecule has 2 amide bonds. The van der Waals surface area contributed by atoms with Crippen LogP contribution in [0.5, 0.6) is 11.5 Å². The van der Waals surface area contributed by atoms with Gasteiger partial charge >= 0.3 is 0 Å². The molecule has 36 heavy (non-hydrogen) atoms. The fourth-order valence-corrected chi connectivity index (χ4v) is 4.50. The number of rotatable bonds is 7. The van der Waals surface area contributed by atoms with Crippen molar-refractivity contribution < 1.29 is 23.5 Å². The van der Waals surface area contributed by atoms with Crippen LogP contribution in [0.15, 0.2) is 75.9 Å². The lowest BCUT2D eigenvalue weighted by Gasteiger charge is -2.25. The molecule has 0 saturated carbocycles. The molecule has 0 aliphatic carbocycles. The second-order valence-corrected chi connectivity index (χ2v) is 8.76. The molecule has 182 valence electrons. The quantitative estimate of drug-likeness (QED) is 0.406. The average molecular weight is 505 g/mol. The molecule has 9 heteroatoms. The molecule has 1 aromatic heterocycles. The van der Waals surface area contributed by atoms with Gasteiger partial charge in [-0.1, -0.05) is 35.9 Å². The Kier molecular flexibility index (Phi) is 6.12. The highest BCUT2D eigenvalue weighted by molar-refractivity contribution is 6.31. The molecule has 5 rings (SSSR count). The molecule has 0 bridgehead atoms. The Labute approximate surface area is 210 Å². The van der Waals surface area contributed by atoms with E-state index in [-0.39, 0.29) is 35.5 Å². The number of primary amides is 1. The summed E-state index contributed by atoms with van der Waals surface area (Å²) in [5, 5.41) is 0.688. The number of ether oxygens (including phenoxy) is 2. The van der Waals surface area contributed by atoms with E-state index in [0.717, 1.165) is 5.56 Å². The Balaban J connectivity index is 1.61. The number of carbonyl (C=O) groups excluding carboxylic acids is 2. The van der Waals surface area contributed by atoms with Crippen LogP contribution in [-0.4, -0.2) is 30.4 Å². The van der Waals surface area contributed by atoms with E-state index in [1.54, 1.807) is 48.4 Å². The summed E-state index contributed by atoms with van der Waals surface area (Å²) in [4.78, 5) is 39.9. The lowest BCUT2D eigenvalue weighted by atomic mass is 9.98. The average Bonchev–Trinajstić information content (AvgIpc) is 3.15. The molecule has 0 saturated heterocycles. The second-order valence-electron chi connectivity index (χ2n) is 8.32. The van der Waals surface area contributed by atoms with Crippen LogP contribution in [0.4, 0.5) is 0 Å². The maximum absolute atomic E-state index is 13.6. The van der Waals surface area contributed by atoms with Crippen LogP contribution in [0, 0.1) is 0 Å². The number of nitrogens with zero attached hydrogens (tertiary/aromatic N) is 1. The first kappa shape index (κ1) is 23.4. The van der Waals surface area contributed by atoms with Gasteiger partial charge in [0.15, 0.2) is 12.0 Å². The Morgan fingerprint density at radius 2 is 1.72 bits per heavy atom. The third-order valence-electron chi connectivity index (χ3n) is 6.02. The summed E-state index contributed by atoms with van der Waals surface area (Å²) in [6.45, 7) is -0.0296. The van der Waals surface area contributed by atoms with Gasteiger partial charge in [-0.15, -0.1) is 0 Å². The summed E-state index contributed by atoms with van der Waals surface area (Å²) in [5.74, 6) is 0.137. The van der Waals surface area contributed by atoms with Gasteiger partial charge in [0.2, 0.25) is 5.76 Å². The van der Waals surface area contributed by atoms with Crippen molar-refractivity contribution in [3.05, 3.63) is 104 Å². The highest BCUT2D eigenvalue weighted by atomic mass is 35.5. The molecule has 2 N–H and O–H groups in total. The lowest BCUT2D eigenvalue weighted by molar-refractivity contribution is -0.119. The molecule has 8 nitrogen and oxygen atoms in total. The first-order valence-electron chi connectivity index (χ1n) is 11.1. The Hall–Kier alpha value is -4.30. The zero-order chi connectivity index (χ0) is 25.4. The molecule has 0 fully saturated rings. The molecule has 3 aromatic carbocycles. The van der Waals surface area contributed by atoms with Crippen molar-refractivity contribution >= 4 is 34.4 Å². The molecule has 1 aliphatic rings. The van der Waals surface area contributed by atoms with Crippen LogP contribution in [0.1, 0.15) is 33.3 Å². The lowest BCUT2D eigenvalue weighted by Crippen LogP contribution is -2.29. The highest BCUT2D eigenvalue weighted by Gasteiger charge is 2.42. The largest absolute Gasteiger partial charge is 0.497 e. The predicted molar refractivity (Wildman–Crippen MR) is 133 cm³/mol. The summed E-state index contributed by atoms with van der Waals surface area (Å²) in [7, 11) is 1.58. The number of fused-ring (bicyclic) bond motifs is 2. The van der Waals surface area contributed by atoms with Gasteiger partial charge in [0.1, 0.15) is 17.1 Å². The smallest absolute Gasteiger partial charge is 0.291 e. The molecule has 0 unspecified atom stereocenters. The van der Waals surface area contributed by atoms with Crippen molar-refractivity contribution in [1.82, 2.24) is 4.90 Å². The van der Waals surface area contributed by atoms with Crippen molar-refractivity contribution in [1.29, 1.82) is 0 Å².